The standard InChI is InChI=1S/C13H20N4OS/c1-16-6-3-7-17(9-8-16)13(18)15-11-4-5-14-12(10-11)19-2/h4-5,10H,3,6-9H2,1-2H3,(H,14,15,18). The van der Waals surface area contributed by atoms with Crippen molar-refractivity contribution in [3.63, 3.8) is 0 Å². The molecule has 0 bridgehead atoms. The molecule has 1 aliphatic rings. The van der Waals surface area contributed by atoms with Gasteiger partial charge in [-0.2, -0.15) is 0 Å². The number of pyridine rings is 1. The Morgan fingerprint density at radius 2 is 2.21 bits per heavy atom. The smallest absolute Gasteiger partial charge is 0.321 e. The number of hydrogen-bond donors (Lipinski definition) is 1. The molecule has 0 aromatic carbocycles. The first-order valence-electron chi connectivity index (χ1n) is 6.43. The molecule has 1 aromatic heterocycles. The molecule has 2 heterocycles. The lowest BCUT2D eigenvalue weighted by atomic mass is 10.4. The van der Waals surface area contributed by atoms with Crippen molar-refractivity contribution in [2.45, 2.75) is 11.4 Å². The highest BCUT2D eigenvalue weighted by Gasteiger charge is 2.17. The minimum atomic E-state index is -0.0199. The summed E-state index contributed by atoms with van der Waals surface area (Å²) in [6.45, 7) is 3.58. The van der Waals surface area contributed by atoms with Gasteiger partial charge in [-0.1, -0.05) is 0 Å². The van der Waals surface area contributed by atoms with Crippen molar-refractivity contribution in [2.24, 2.45) is 0 Å². The molecule has 6 heteroatoms. The average Bonchev–Trinajstić information content (AvgIpc) is 2.64. The molecule has 1 aliphatic heterocycles. The fraction of sp³-hybridized carbons (Fsp3) is 0.538. The van der Waals surface area contributed by atoms with Crippen molar-refractivity contribution >= 4 is 23.5 Å². The molecule has 1 fully saturated rings. The van der Waals surface area contributed by atoms with Crippen LogP contribution in [0.3, 0.4) is 0 Å². The third-order valence-electron chi connectivity index (χ3n) is 3.20. The summed E-state index contributed by atoms with van der Waals surface area (Å²) in [4.78, 5) is 20.5. The van der Waals surface area contributed by atoms with Crippen LogP contribution in [0.5, 0.6) is 0 Å². The Morgan fingerprint density at radius 3 is 3.00 bits per heavy atom. The van der Waals surface area contributed by atoms with E-state index in [1.54, 1.807) is 18.0 Å². The van der Waals surface area contributed by atoms with Crippen molar-refractivity contribution in [3.05, 3.63) is 18.3 Å². The van der Waals surface area contributed by atoms with Gasteiger partial charge in [-0.25, -0.2) is 9.78 Å². The van der Waals surface area contributed by atoms with Crippen molar-refractivity contribution in [3.8, 4) is 0 Å². The number of rotatable bonds is 2. The average molecular weight is 280 g/mol. The monoisotopic (exact) mass is 280 g/mol. The summed E-state index contributed by atoms with van der Waals surface area (Å²) in [5.41, 5.74) is 0.807. The SMILES string of the molecule is CSc1cc(NC(=O)N2CCCN(C)CC2)ccn1. The summed E-state index contributed by atoms with van der Waals surface area (Å²) in [5, 5.41) is 3.85. The van der Waals surface area contributed by atoms with Crippen molar-refractivity contribution in [1.29, 1.82) is 0 Å². The highest BCUT2D eigenvalue weighted by molar-refractivity contribution is 7.98. The van der Waals surface area contributed by atoms with E-state index in [-0.39, 0.29) is 6.03 Å². The van der Waals surface area contributed by atoms with E-state index in [1.165, 1.54) is 0 Å². The van der Waals surface area contributed by atoms with Crippen LogP contribution in [0.2, 0.25) is 0 Å². The number of thioether (sulfide) groups is 1. The number of hydrogen-bond acceptors (Lipinski definition) is 4. The largest absolute Gasteiger partial charge is 0.323 e. The first kappa shape index (κ1) is 14.1. The number of carbonyl (C=O) groups excluding carboxylic acids is 1. The Morgan fingerprint density at radius 1 is 1.37 bits per heavy atom. The van der Waals surface area contributed by atoms with Crippen molar-refractivity contribution in [2.75, 3.05) is 44.8 Å². The molecule has 2 rings (SSSR count). The number of likely N-dealkylation sites (N-methyl/N-ethyl adjacent to an activating group) is 1. The fourth-order valence-corrected chi connectivity index (χ4v) is 2.46. The normalized spacial score (nSPS) is 17.1. The van der Waals surface area contributed by atoms with Gasteiger partial charge >= 0.3 is 6.03 Å². The van der Waals surface area contributed by atoms with Gasteiger partial charge in [0, 0.05) is 31.5 Å². The van der Waals surface area contributed by atoms with Crippen LogP contribution in [-0.4, -0.2) is 60.3 Å². The second-order valence-corrected chi connectivity index (χ2v) is 5.49. The first-order valence-corrected chi connectivity index (χ1v) is 7.66. The molecular weight excluding hydrogens is 260 g/mol. The van der Waals surface area contributed by atoms with E-state index in [9.17, 15) is 4.79 Å². The number of carbonyl (C=O) groups is 1. The second kappa shape index (κ2) is 6.77. The highest BCUT2D eigenvalue weighted by atomic mass is 32.2. The van der Waals surface area contributed by atoms with Gasteiger partial charge in [0.15, 0.2) is 0 Å². The molecule has 0 unspecified atom stereocenters. The molecule has 1 saturated heterocycles. The molecular formula is C13H20N4OS. The summed E-state index contributed by atoms with van der Waals surface area (Å²) in [5.74, 6) is 0. The lowest BCUT2D eigenvalue weighted by Crippen LogP contribution is -2.37. The minimum Gasteiger partial charge on any atom is -0.323 e. The Labute approximate surface area is 118 Å². The maximum absolute atomic E-state index is 12.2. The lowest BCUT2D eigenvalue weighted by Gasteiger charge is -2.21. The minimum absolute atomic E-state index is 0.0199. The van der Waals surface area contributed by atoms with Crippen LogP contribution in [0.4, 0.5) is 10.5 Å². The lowest BCUT2D eigenvalue weighted by molar-refractivity contribution is 0.213. The second-order valence-electron chi connectivity index (χ2n) is 4.66. The van der Waals surface area contributed by atoms with Crippen molar-refractivity contribution in [1.82, 2.24) is 14.8 Å². The molecule has 0 saturated carbocycles. The van der Waals surface area contributed by atoms with Crippen LogP contribution in [0, 0.1) is 0 Å². The number of aromatic nitrogens is 1. The quantitative estimate of drug-likeness (QED) is 0.842. The molecule has 1 N–H and O–H groups in total. The maximum atomic E-state index is 12.2. The van der Waals surface area contributed by atoms with Crippen LogP contribution < -0.4 is 5.32 Å². The van der Waals surface area contributed by atoms with Crippen LogP contribution in [-0.2, 0) is 0 Å². The topological polar surface area (TPSA) is 48.5 Å². The molecule has 1 aromatic rings. The zero-order valence-electron chi connectivity index (χ0n) is 11.4. The van der Waals surface area contributed by atoms with E-state index in [2.05, 4.69) is 22.2 Å². The molecule has 0 aliphatic carbocycles. The third-order valence-corrected chi connectivity index (χ3v) is 3.84. The number of urea groups is 1. The van der Waals surface area contributed by atoms with E-state index < -0.39 is 0 Å². The van der Waals surface area contributed by atoms with Crippen LogP contribution in [0.15, 0.2) is 23.4 Å². The Balaban J connectivity index is 1.96. The molecule has 2 amide bonds. The fourth-order valence-electron chi connectivity index (χ4n) is 2.05. The van der Waals surface area contributed by atoms with Gasteiger partial charge in [-0.15, -0.1) is 11.8 Å². The van der Waals surface area contributed by atoms with E-state index in [0.717, 1.165) is 43.3 Å². The zero-order valence-corrected chi connectivity index (χ0v) is 12.2. The van der Waals surface area contributed by atoms with E-state index >= 15 is 0 Å². The van der Waals surface area contributed by atoms with Crippen LogP contribution in [0.1, 0.15) is 6.42 Å². The van der Waals surface area contributed by atoms with E-state index in [1.807, 2.05) is 23.3 Å². The van der Waals surface area contributed by atoms with Gasteiger partial charge < -0.3 is 15.1 Å². The molecule has 0 spiro atoms. The van der Waals surface area contributed by atoms with Gasteiger partial charge in [-0.05, 0) is 38.4 Å². The van der Waals surface area contributed by atoms with Crippen molar-refractivity contribution < 1.29 is 4.79 Å². The number of anilines is 1. The van der Waals surface area contributed by atoms with Gasteiger partial charge in [-0.3, -0.25) is 0 Å². The summed E-state index contributed by atoms with van der Waals surface area (Å²) in [6, 6.07) is 3.70. The summed E-state index contributed by atoms with van der Waals surface area (Å²) in [6.07, 6.45) is 4.71. The summed E-state index contributed by atoms with van der Waals surface area (Å²) in [7, 11) is 2.09. The van der Waals surface area contributed by atoms with Gasteiger partial charge in [0.25, 0.3) is 0 Å². The Bertz CT molecular complexity index is 440. The summed E-state index contributed by atoms with van der Waals surface area (Å²) >= 11 is 1.57. The van der Waals surface area contributed by atoms with E-state index in [4.69, 9.17) is 0 Å². The molecule has 5 nitrogen and oxygen atoms in total. The molecule has 104 valence electrons. The molecule has 0 atom stereocenters. The van der Waals surface area contributed by atoms with Gasteiger partial charge in [0.1, 0.15) is 0 Å². The first-order chi connectivity index (χ1) is 9.19. The number of amides is 2. The van der Waals surface area contributed by atoms with Gasteiger partial charge in [0.05, 0.1) is 5.03 Å². The van der Waals surface area contributed by atoms with Crippen LogP contribution >= 0.6 is 11.8 Å². The highest BCUT2D eigenvalue weighted by Crippen LogP contribution is 2.16. The Kier molecular flexibility index (Phi) is 5.04. The number of nitrogens with zero attached hydrogens (tertiary/aromatic N) is 3. The Hall–Kier alpha value is -1.27. The summed E-state index contributed by atoms with van der Waals surface area (Å²) < 4.78 is 0. The van der Waals surface area contributed by atoms with Gasteiger partial charge in [0.2, 0.25) is 0 Å². The third kappa shape index (κ3) is 4.11. The molecule has 19 heavy (non-hydrogen) atoms. The van der Waals surface area contributed by atoms with E-state index in [0.29, 0.717) is 0 Å². The molecule has 0 radical (unpaired) electrons. The number of nitrogens with one attached hydrogen (secondary N) is 1. The predicted octanol–water partition coefficient (Wildman–Crippen LogP) is 1.97. The zero-order chi connectivity index (χ0) is 13.7. The predicted molar refractivity (Wildman–Crippen MR) is 78.7 cm³/mol. The van der Waals surface area contributed by atoms with Crippen LogP contribution in [0.25, 0.3) is 0 Å². The maximum Gasteiger partial charge on any atom is 0.321 e.